The van der Waals surface area contributed by atoms with Crippen molar-refractivity contribution in [3.8, 4) is 22.3 Å². The summed E-state index contributed by atoms with van der Waals surface area (Å²) < 4.78 is 0. The van der Waals surface area contributed by atoms with Crippen molar-refractivity contribution in [2.75, 3.05) is 0 Å². The van der Waals surface area contributed by atoms with Gasteiger partial charge in [0.1, 0.15) is 0 Å². The van der Waals surface area contributed by atoms with Gasteiger partial charge in [-0.25, -0.2) is 0 Å². The first-order valence-corrected chi connectivity index (χ1v) is 10.9. The molecule has 2 N–H and O–H groups in total. The van der Waals surface area contributed by atoms with Crippen LogP contribution in [0, 0.1) is 0 Å². The summed E-state index contributed by atoms with van der Waals surface area (Å²) in [6.07, 6.45) is 0. The molecule has 2 aliphatic rings. The largest absolute Gasteiger partial charge is 0.488 e. The molecule has 5 aromatic rings. The average Bonchev–Trinajstić information content (AvgIpc) is 3.31. The van der Waals surface area contributed by atoms with Gasteiger partial charge < -0.3 is 10.0 Å². The predicted octanol–water partition coefficient (Wildman–Crippen LogP) is 4.86. The summed E-state index contributed by atoms with van der Waals surface area (Å²) in [4.78, 5) is 0. The van der Waals surface area contributed by atoms with Gasteiger partial charge in [-0.3, -0.25) is 0 Å². The summed E-state index contributed by atoms with van der Waals surface area (Å²) in [7, 11) is -1.50. The van der Waals surface area contributed by atoms with Crippen LogP contribution in [-0.2, 0) is 5.41 Å². The van der Waals surface area contributed by atoms with E-state index >= 15 is 0 Å². The van der Waals surface area contributed by atoms with Gasteiger partial charge in [0.25, 0.3) is 0 Å². The Hall–Kier alpha value is -3.66. The Kier molecular flexibility index (Phi) is 3.48. The first-order chi connectivity index (χ1) is 15.7. The van der Waals surface area contributed by atoms with Crippen LogP contribution in [0.4, 0.5) is 0 Å². The minimum atomic E-state index is -1.50. The molecule has 0 radical (unpaired) electrons. The summed E-state index contributed by atoms with van der Waals surface area (Å²) in [6.45, 7) is 0. The van der Waals surface area contributed by atoms with Crippen LogP contribution in [0.1, 0.15) is 22.3 Å². The highest BCUT2D eigenvalue weighted by atomic mass is 16.4. The summed E-state index contributed by atoms with van der Waals surface area (Å²) in [5.74, 6) is 0. The smallest absolute Gasteiger partial charge is 0.423 e. The Morgan fingerprint density at radius 2 is 1.12 bits per heavy atom. The van der Waals surface area contributed by atoms with E-state index in [0.717, 1.165) is 5.56 Å². The van der Waals surface area contributed by atoms with Gasteiger partial charge in [0.15, 0.2) is 0 Å². The maximum absolute atomic E-state index is 9.94. The molecular weight excluding hydrogens is 391 g/mol. The number of benzene rings is 5. The van der Waals surface area contributed by atoms with Crippen LogP contribution in [0.2, 0.25) is 0 Å². The first kappa shape index (κ1) is 18.0. The van der Waals surface area contributed by atoms with Crippen LogP contribution in [0.25, 0.3) is 33.0 Å². The molecular formula is C29H19BO2. The molecule has 0 aromatic heterocycles. The summed E-state index contributed by atoms with van der Waals surface area (Å²) in [5, 5.41) is 22.3. The van der Waals surface area contributed by atoms with Gasteiger partial charge in [-0.2, -0.15) is 0 Å². The SMILES string of the molecule is OB(O)c1ccc2c(c1)-c1c(ccc3ccccc13)C21c2ccccc2-c2ccccc21. The average molecular weight is 410 g/mol. The lowest BCUT2D eigenvalue weighted by Crippen LogP contribution is -2.31. The van der Waals surface area contributed by atoms with Gasteiger partial charge in [0.05, 0.1) is 5.41 Å². The Morgan fingerprint density at radius 3 is 1.84 bits per heavy atom. The summed E-state index contributed by atoms with van der Waals surface area (Å²) in [6, 6.07) is 36.2. The third-order valence-electron chi connectivity index (χ3n) is 7.30. The number of fused-ring (bicyclic) bond motifs is 12. The van der Waals surface area contributed by atoms with E-state index in [0.29, 0.717) is 5.46 Å². The van der Waals surface area contributed by atoms with Crippen molar-refractivity contribution in [1.82, 2.24) is 0 Å². The first-order valence-electron chi connectivity index (χ1n) is 10.9. The molecule has 7 rings (SSSR count). The molecule has 1 spiro atoms. The molecule has 0 unspecified atom stereocenters. The Labute approximate surface area is 186 Å². The standard InChI is InChI=1S/C29H19BO2/c31-30(32)19-14-16-26-23(17-19)28-20-8-2-1-7-18(20)13-15-27(28)29(26)24-11-5-3-9-21(24)22-10-4-6-12-25(22)29/h1-17,31-32H. The second kappa shape index (κ2) is 6.20. The van der Waals surface area contributed by atoms with Crippen molar-refractivity contribution in [3.63, 3.8) is 0 Å². The fourth-order valence-electron chi connectivity index (χ4n) is 6.09. The Balaban J connectivity index is 1.72. The second-order valence-corrected chi connectivity index (χ2v) is 8.73. The lowest BCUT2D eigenvalue weighted by Gasteiger charge is -2.30. The van der Waals surface area contributed by atoms with E-state index in [9.17, 15) is 10.0 Å². The molecule has 0 saturated carbocycles. The van der Waals surface area contributed by atoms with Crippen LogP contribution in [0.3, 0.4) is 0 Å². The Bertz CT molecular complexity index is 1520. The van der Waals surface area contributed by atoms with Crippen LogP contribution >= 0.6 is 0 Å². The summed E-state index contributed by atoms with van der Waals surface area (Å²) in [5.41, 5.74) is 9.92. The van der Waals surface area contributed by atoms with E-state index in [4.69, 9.17) is 0 Å². The molecule has 2 aliphatic carbocycles. The van der Waals surface area contributed by atoms with Gasteiger partial charge in [0.2, 0.25) is 0 Å². The highest BCUT2D eigenvalue weighted by Gasteiger charge is 2.51. The van der Waals surface area contributed by atoms with Crippen molar-refractivity contribution < 1.29 is 10.0 Å². The van der Waals surface area contributed by atoms with Crippen molar-refractivity contribution in [2.45, 2.75) is 5.41 Å². The van der Waals surface area contributed by atoms with E-state index in [2.05, 4.69) is 91.0 Å². The maximum Gasteiger partial charge on any atom is 0.488 e. The highest BCUT2D eigenvalue weighted by molar-refractivity contribution is 6.58. The van der Waals surface area contributed by atoms with Gasteiger partial charge in [-0.15, -0.1) is 0 Å². The molecule has 150 valence electrons. The molecule has 3 heteroatoms. The van der Waals surface area contributed by atoms with E-state index in [1.807, 2.05) is 12.1 Å². The molecule has 5 aromatic carbocycles. The van der Waals surface area contributed by atoms with Gasteiger partial charge >= 0.3 is 7.12 Å². The predicted molar refractivity (Wildman–Crippen MR) is 130 cm³/mol. The molecule has 0 amide bonds. The van der Waals surface area contributed by atoms with E-state index < -0.39 is 12.5 Å². The zero-order chi connectivity index (χ0) is 21.4. The van der Waals surface area contributed by atoms with Crippen molar-refractivity contribution in [2.24, 2.45) is 0 Å². The van der Waals surface area contributed by atoms with Crippen molar-refractivity contribution in [1.29, 1.82) is 0 Å². The fraction of sp³-hybridized carbons (Fsp3) is 0.0345. The number of hydrogen-bond donors (Lipinski definition) is 2. The molecule has 2 nitrogen and oxygen atoms in total. The van der Waals surface area contributed by atoms with Crippen LogP contribution < -0.4 is 5.46 Å². The van der Waals surface area contributed by atoms with Crippen molar-refractivity contribution in [3.05, 3.63) is 125 Å². The lowest BCUT2D eigenvalue weighted by molar-refractivity contribution is 0.426. The molecule has 0 saturated heterocycles. The fourth-order valence-corrected chi connectivity index (χ4v) is 6.09. The zero-order valence-corrected chi connectivity index (χ0v) is 17.3. The molecule has 0 heterocycles. The third-order valence-corrected chi connectivity index (χ3v) is 7.30. The third kappa shape index (κ3) is 2.03. The van der Waals surface area contributed by atoms with E-state index in [1.165, 1.54) is 49.7 Å². The van der Waals surface area contributed by atoms with E-state index in [1.54, 1.807) is 0 Å². The molecule has 0 aliphatic heterocycles. The van der Waals surface area contributed by atoms with Gasteiger partial charge in [-0.1, -0.05) is 103 Å². The minimum Gasteiger partial charge on any atom is -0.423 e. The van der Waals surface area contributed by atoms with Crippen molar-refractivity contribution >= 4 is 23.4 Å². The quantitative estimate of drug-likeness (QED) is 0.380. The van der Waals surface area contributed by atoms with E-state index in [-0.39, 0.29) is 0 Å². The topological polar surface area (TPSA) is 40.5 Å². The number of hydrogen-bond acceptors (Lipinski definition) is 2. The Morgan fingerprint density at radius 1 is 0.531 bits per heavy atom. The molecule has 0 bridgehead atoms. The summed E-state index contributed by atoms with van der Waals surface area (Å²) >= 11 is 0. The normalized spacial score (nSPS) is 14.2. The van der Waals surface area contributed by atoms with Gasteiger partial charge in [0, 0.05) is 0 Å². The number of rotatable bonds is 1. The van der Waals surface area contributed by atoms with Gasteiger partial charge in [-0.05, 0) is 60.7 Å². The van der Waals surface area contributed by atoms with Crippen LogP contribution in [0.5, 0.6) is 0 Å². The second-order valence-electron chi connectivity index (χ2n) is 8.73. The molecule has 0 fully saturated rings. The monoisotopic (exact) mass is 410 g/mol. The zero-order valence-electron chi connectivity index (χ0n) is 17.3. The minimum absolute atomic E-state index is 0.416. The highest BCUT2D eigenvalue weighted by Crippen LogP contribution is 2.63. The maximum atomic E-state index is 9.94. The molecule has 32 heavy (non-hydrogen) atoms. The van der Waals surface area contributed by atoms with Crippen LogP contribution in [-0.4, -0.2) is 17.2 Å². The van der Waals surface area contributed by atoms with Crippen LogP contribution in [0.15, 0.2) is 103 Å². The molecule has 0 atom stereocenters. The lowest BCUT2D eigenvalue weighted by atomic mass is 9.69.